The van der Waals surface area contributed by atoms with E-state index in [4.69, 9.17) is 5.73 Å². The second kappa shape index (κ2) is 6.24. The number of rotatable bonds is 5. The maximum atomic E-state index is 12.3. The minimum Gasteiger partial charge on any atom is -0.342 e. The Bertz CT molecular complexity index is 230. The molecule has 0 spiro atoms. The van der Waals surface area contributed by atoms with Crippen LogP contribution in [0.3, 0.4) is 0 Å². The Morgan fingerprint density at radius 1 is 1.50 bits per heavy atom. The number of carbonyl (C=O) groups excluding carboxylic acids is 1. The number of hydrogen-bond donors (Lipinski definition) is 1. The molecule has 1 fully saturated rings. The Morgan fingerprint density at radius 2 is 2.19 bits per heavy atom. The molecule has 0 radical (unpaired) electrons. The summed E-state index contributed by atoms with van der Waals surface area (Å²) in [5.41, 5.74) is 5.62. The highest BCUT2D eigenvalue weighted by Gasteiger charge is 2.32. The molecule has 0 aromatic carbocycles. The summed E-state index contributed by atoms with van der Waals surface area (Å²) >= 11 is 0. The van der Waals surface area contributed by atoms with Crippen LogP contribution in [-0.2, 0) is 4.79 Å². The van der Waals surface area contributed by atoms with Crippen molar-refractivity contribution in [2.45, 2.75) is 40.0 Å². The lowest BCUT2D eigenvalue weighted by Crippen LogP contribution is -2.40. The lowest BCUT2D eigenvalue weighted by Gasteiger charge is -2.28. The Labute approximate surface area is 99.4 Å². The molecule has 0 heterocycles. The minimum atomic E-state index is 0.268. The van der Waals surface area contributed by atoms with Gasteiger partial charge in [-0.3, -0.25) is 4.79 Å². The van der Waals surface area contributed by atoms with E-state index in [0.717, 1.165) is 19.5 Å². The maximum absolute atomic E-state index is 12.3. The lowest BCUT2D eigenvalue weighted by atomic mass is 9.96. The van der Waals surface area contributed by atoms with Gasteiger partial charge in [-0.25, -0.2) is 0 Å². The van der Waals surface area contributed by atoms with E-state index in [1.165, 1.54) is 12.8 Å². The first-order valence-corrected chi connectivity index (χ1v) is 6.59. The third-order valence-corrected chi connectivity index (χ3v) is 3.81. The number of hydrogen-bond acceptors (Lipinski definition) is 2. The van der Waals surface area contributed by atoms with Crippen LogP contribution in [-0.4, -0.2) is 30.4 Å². The van der Waals surface area contributed by atoms with Gasteiger partial charge in [0.1, 0.15) is 0 Å². The first-order chi connectivity index (χ1) is 7.60. The fourth-order valence-corrected chi connectivity index (χ4v) is 2.57. The highest BCUT2D eigenvalue weighted by Crippen LogP contribution is 2.32. The van der Waals surface area contributed by atoms with E-state index in [1.54, 1.807) is 0 Å². The Hall–Kier alpha value is -0.570. The summed E-state index contributed by atoms with van der Waals surface area (Å²) in [5, 5.41) is 0. The van der Waals surface area contributed by atoms with Crippen LogP contribution in [0, 0.1) is 17.8 Å². The van der Waals surface area contributed by atoms with Gasteiger partial charge in [0.05, 0.1) is 0 Å². The monoisotopic (exact) mass is 226 g/mol. The SMILES string of the molecule is CCN(CC(C)CN)C(=O)C1CCCC1C. The van der Waals surface area contributed by atoms with E-state index in [-0.39, 0.29) is 5.92 Å². The summed E-state index contributed by atoms with van der Waals surface area (Å²) in [4.78, 5) is 14.3. The van der Waals surface area contributed by atoms with Gasteiger partial charge in [0, 0.05) is 19.0 Å². The molecule has 1 amide bonds. The van der Waals surface area contributed by atoms with Crippen LogP contribution in [0.15, 0.2) is 0 Å². The number of carbonyl (C=O) groups is 1. The Balaban J connectivity index is 2.54. The van der Waals surface area contributed by atoms with Crippen molar-refractivity contribution in [1.29, 1.82) is 0 Å². The molecular formula is C13H26N2O. The summed E-state index contributed by atoms with van der Waals surface area (Å²) in [6.45, 7) is 8.65. The molecule has 0 aliphatic heterocycles. The largest absolute Gasteiger partial charge is 0.342 e. The Kier molecular flexibility index (Phi) is 5.26. The molecular weight excluding hydrogens is 200 g/mol. The van der Waals surface area contributed by atoms with E-state index in [9.17, 15) is 4.79 Å². The molecule has 1 rings (SSSR count). The predicted molar refractivity (Wildman–Crippen MR) is 67.0 cm³/mol. The number of nitrogens with zero attached hydrogens (tertiary/aromatic N) is 1. The summed E-state index contributed by atoms with van der Waals surface area (Å²) in [7, 11) is 0. The topological polar surface area (TPSA) is 46.3 Å². The van der Waals surface area contributed by atoms with Crippen LogP contribution in [0.5, 0.6) is 0 Å². The molecule has 0 aromatic rings. The van der Waals surface area contributed by atoms with Crippen LogP contribution >= 0.6 is 0 Å². The fraction of sp³-hybridized carbons (Fsp3) is 0.923. The number of amides is 1. The second-order valence-electron chi connectivity index (χ2n) is 5.23. The lowest BCUT2D eigenvalue weighted by molar-refractivity contribution is -0.136. The molecule has 1 aliphatic carbocycles. The predicted octanol–water partition coefficient (Wildman–Crippen LogP) is 1.87. The zero-order valence-electron chi connectivity index (χ0n) is 10.9. The molecule has 3 unspecified atom stereocenters. The first-order valence-electron chi connectivity index (χ1n) is 6.59. The second-order valence-corrected chi connectivity index (χ2v) is 5.23. The van der Waals surface area contributed by atoms with Crippen molar-refractivity contribution in [3.8, 4) is 0 Å². The third kappa shape index (κ3) is 3.21. The third-order valence-electron chi connectivity index (χ3n) is 3.81. The molecule has 0 saturated heterocycles. The molecule has 16 heavy (non-hydrogen) atoms. The van der Waals surface area contributed by atoms with E-state index >= 15 is 0 Å². The first kappa shape index (κ1) is 13.5. The van der Waals surface area contributed by atoms with Crippen molar-refractivity contribution in [2.75, 3.05) is 19.6 Å². The van der Waals surface area contributed by atoms with Gasteiger partial charge in [-0.2, -0.15) is 0 Å². The molecule has 3 nitrogen and oxygen atoms in total. The van der Waals surface area contributed by atoms with E-state index in [2.05, 4.69) is 20.8 Å². The molecule has 3 heteroatoms. The van der Waals surface area contributed by atoms with Crippen LogP contribution in [0.4, 0.5) is 0 Å². The molecule has 1 aliphatic rings. The average Bonchev–Trinajstić information content (AvgIpc) is 2.71. The van der Waals surface area contributed by atoms with Gasteiger partial charge in [0.2, 0.25) is 5.91 Å². The van der Waals surface area contributed by atoms with Crippen molar-refractivity contribution in [3.63, 3.8) is 0 Å². The molecule has 0 aromatic heterocycles. The van der Waals surface area contributed by atoms with Crippen molar-refractivity contribution in [2.24, 2.45) is 23.5 Å². The average molecular weight is 226 g/mol. The van der Waals surface area contributed by atoms with Crippen LogP contribution in [0.25, 0.3) is 0 Å². The van der Waals surface area contributed by atoms with Gasteiger partial charge in [0.25, 0.3) is 0 Å². The summed E-state index contributed by atoms with van der Waals surface area (Å²) in [5.74, 6) is 1.59. The van der Waals surface area contributed by atoms with Crippen LogP contribution < -0.4 is 5.73 Å². The molecule has 1 saturated carbocycles. The van der Waals surface area contributed by atoms with E-state index in [0.29, 0.717) is 24.3 Å². The fourth-order valence-electron chi connectivity index (χ4n) is 2.57. The van der Waals surface area contributed by atoms with Gasteiger partial charge in [-0.15, -0.1) is 0 Å². The van der Waals surface area contributed by atoms with Crippen molar-refractivity contribution in [3.05, 3.63) is 0 Å². The summed E-state index contributed by atoms with van der Waals surface area (Å²) in [6.07, 6.45) is 3.50. The maximum Gasteiger partial charge on any atom is 0.225 e. The smallest absolute Gasteiger partial charge is 0.225 e. The van der Waals surface area contributed by atoms with Crippen LogP contribution in [0.2, 0.25) is 0 Å². The molecule has 94 valence electrons. The number of nitrogens with two attached hydrogens (primary N) is 1. The molecule has 3 atom stereocenters. The quantitative estimate of drug-likeness (QED) is 0.778. The van der Waals surface area contributed by atoms with Crippen molar-refractivity contribution >= 4 is 5.91 Å². The van der Waals surface area contributed by atoms with Gasteiger partial charge < -0.3 is 10.6 Å². The summed E-state index contributed by atoms with van der Waals surface area (Å²) in [6, 6.07) is 0. The van der Waals surface area contributed by atoms with Gasteiger partial charge in [0.15, 0.2) is 0 Å². The highest BCUT2D eigenvalue weighted by molar-refractivity contribution is 5.79. The Morgan fingerprint density at radius 3 is 2.62 bits per heavy atom. The normalized spacial score (nSPS) is 26.8. The highest BCUT2D eigenvalue weighted by atomic mass is 16.2. The zero-order valence-corrected chi connectivity index (χ0v) is 10.9. The van der Waals surface area contributed by atoms with E-state index in [1.807, 2.05) is 4.90 Å². The zero-order chi connectivity index (χ0) is 12.1. The van der Waals surface area contributed by atoms with E-state index < -0.39 is 0 Å². The van der Waals surface area contributed by atoms with Crippen molar-refractivity contribution in [1.82, 2.24) is 4.90 Å². The minimum absolute atomic E-state index is 0.268. The summed E-state index contributed by atoms with van der Waals surface area (Å²) < 4.78 is 0. The van der Waals surface area contributed by atoms with Gasteiger partial charge in [-0.1, -0.05) is 20.3 Å². The van der Waals surface area contributed by atoms with Gasteiger partial charge >= 0.3 is 0 Å². The standard InChI is InChI=1S/C13H26N2O/c1-4-15(9-10(2)8-14)13(16)12-7-5-6-11(12)3/h10-12H,4-9,14H2,1-3H3. The van der Waals surface area contributed by atoms with Crippen molar-refractivity contribution < 1.29 is 4.79 Å². The van der Waals surface area contributed by atoms with Gasteiger partial charge in [-0.05, 0) is 38.1 Å². The molecule has 2 N–H and O–H groups in total. The van der Waals surface area contributed by atoms with Crippen LogP contribution in [0.1, 0.15) is 40.0 Å². The molecule has 0 bridgehead atoms.